The highest BCUT2D eigenvalue weighted by atomic mass is 32.2. The summed E-state index contributed by atoms with van der Waals surface area (Å²) in [6.07, 6.45) is 12.1. The topological polar surface area (TPSA) is 21.3 Å². The van der Waals surface area contributed by atoms with Gasteiger partial charge < -0.3 is 10.1 Å². The van der Waals surface area contributed by atoms with E-state index in [9.17, 15) is 0 Å². The van der Waals surface area contributed by atoms with Crippen molar-refractivity contribution >= 4 is 11.8 Å². The van der Waals surface area contributed by atoms with Crippen molar-refractivity contribution in [3.63, 3.8) is 0 Å². The lowest BCUT2D eigenvalue weighted by Crippen LogP contribution is -2.35. The maximum atomic E-state index is 5.59. The summed E-state index contributed by atoms with van der Waals surface area (Å²) >= 11 is 2.12. The standard InChI is InChI=1S/C23H39NOS/c1-3-5-19-26-20-7-6-17-24-18-9-16-23(14-8-15-23)21-10-12-22(13-11-21)25-4-2/h10-13,24H,3-9,14-20H2,1-2H3. The van der Waals surface area contributed by atoms with Gasteiger partial charge in [0.15, 0.2) is 0 Å². The summed E-state index contributed by atoms with van der Waals surface area (Å²) in [5.41, 5.74) is 1.97. The molecule has 0 spiro atoms. The average molecular weight is 378 g/mol. The minimum absolute atomic E-state index is 0.447. The van der Waals surface area contributed by atoms with Crippen molar-refractivity contribution in [2.24, 2.45) is 0 Å². The lowest BCUT2D eigenvalue weighted by molar-refractivity contribution is 0.220. The van der Waals surface area contributed by atoms with Crippen LogP contribution in [0.15, 0.2) is 24.3 Å². The Balaban J connectivity index is 1.57. The minimum Gasteiger partial charge on any atom is -0.494 e. The monoisotopic (exact) mass is 377 g/mol. The lowest BCUT2D eigenvalue weighted by Gasteiger charge is -2.43. The Labute approximate surface area is 165 Å². The zero-order valence-electron chi connectivity index (χ0n) is 17.0. The van der Waals surface area contributed by atoms with Gasteiger partial charge in [0.25, 0.3) is 0 Å². The molecule has 0 heterocycles. The van der Waals surface area contributed by atoms with Gasteiger partial charge >= 0.3 is 0 Å². The molecular weight excluding hydrogens is 338 g/mol. The van der Waals surface area contributed by atoms with Crippen LogP contribution in [0.5, 0.6) is 5.75 Å². The predicted octanol–water partition coefficient (Wildman–Crippen LogP) is 6.19. The number of unbranched alkanes of at least 4 members (excludes halogenated alkanes) is 2. The van der Waals surface area contributed by atoms with Crippen LogP contribution in [-0.4, -0.2) is 31.2 Å². The molecular formula is C23H39NOS. The summed E-state index contributed by atoms with van der Waals surface area (Å²) in [6, 6.07) is 8.90. The molecule has 1 aromatic carbocycles. The van der Waals surface area contributed by atoms with Crippen molar-refractivity contribution in [3.8, 4) is 5.75 Å². The van der Waals surface area contributed by atoms with Crippen LogP contribution in [0.25, 0.3) is 0 Å². The Kier molecular flexibility index (Phi) is 10.5. The molecule has 3 heteroatoms. The minimum atomic E-state index is 0.447. The van der Waals surface area contributed by atoms with Gasteiger partial charge in [0.2, 0.25) is 0 Å². The smallest absolute Gasteiger partial charge is 0.119 e. The Morgan fingerprint density at radius 3 is 2.35 bits per heavy atom. The van der Waals surface area contributed by atoms with E-state index in [1.54, 1.807) is 0 Å². The van der Waals surface area contributed by atoms with E-state index in [0.717, 1.165) is 12.4 Å². The molecule has 0 radical (unpaired) electrons. The lowest BCUT2D eigenvalue weighted by atomic mass is 9.62. The Bertz CT molecular complexity index is 470. The molecule has 0 unspecified atom stereocenters. The maximum absolute atomic E-state index is 5.59. The van der Waals surface area contributed by atoms with E-state index >= 15 is 0 Å². The average Bonchev–Trinajstić information content (AvgIpc) is 2.63. The van der Waals surface area contributed by atoms with Gasteiger partial charge in [0, 0.05) is 0 Å². The first-order chi connectivity index (χ1) is 12.8. The number of nitrogens with one attached hydrogen (secondary N) is 1. The van der Waals surface area contributed by atoms with E-state index in [2.05, 4.69) is 48.3 Å². The number of rotatable bonds is 15. The molecule has 1 aliphatic rings. The van der Waals surface area contributed by atoms with Gasteiger partial charge in [-0.05, 0) is 99.6 Å². The largest absolute Gasteiger partial charge is 0.494 e. The maximum Gasteiger partial charge on any atom is 0.119 e. The van der Waals surface area contributed by atoms with Gasteiger partial charge in [-0.3, -0.25) is 0 Å². The van der Waals surface area contributed by atoms with Crippen molar-refractivity contribution in [3.05, 3.63) is 29.8 Å². The Hall–Kier alpha value is -0.670. The van der Waals surface area contributed by atoms with Crippen molar-refractivity contribution in [1.29, 1.82) is 0 Å². The summed E-state index contributed by atoms with van der Waals surface area (Å²) in [5, 5.41) is 3.66. The molecule has 2 nitrogen and oxygen atoms in total. The second-order valence-corrected chi connectivity index (χ2v) is 8.84. The fourth-order valence-corrected chi connectivity index (χ4v) is 4.94. The molecule has 1 aromatic rings. The molecule has 0 atom stereocenters. The van der Waals surface area contributed by atoms with E-state index in [-0.39, 0.29) is 0 Å². The van der Waals surface area contributed by atoms with Crippen molar-refractivity contribution < 1.29 is 4.74 Å². The van der Waals surface area contributed by atoms with Gasteiger partial charge in [-0.25, -0.2) is 0 Å². The first-order valence-electron chi connectivity index (χ1n) is 10.8. The summed E-state index contributed by atoms with van der Waals surface area (Å²) in [4.78, 5) is 0. The zero-order valence-corrected chi connectivity index (χ0v) is 17.8. The van der Waals surface area contributed by atoms with Crippen LogP contribution in [0.4, 0.5) is 0 Å². The molecule has 1 N–H and O–H groups in total. The van der Waals surface area contributed by atoms with Crippen molar-refractivity contribution in [1.82, 2.24) is 5.32 Å². The van der Waals surface area contributed by atoms with Gasteiger partial charge in [0.1, 0.15) is 5.75 Å². The third-order valence-electron chi connectivity index (χ3n) is 5.63. The normalized spacial score (nSPS) is 15.6. The zero-order chi connectivity index (χ0) is 18.5. The summed E-state index contributed by atoms with van der Waals surface area (Å²) in [7, 11) is 0. The third-order valence-corrected chi connectivity index (χ3v) is 6.79. The van der Waals surface area contributed by atoms with E-state index in [1.165, 1.54) is 87.9 Å². The fourth-order valence-electron chi connectivity index (χ4n) is 3.84. The number of thioether (sulfide) groups is 1. The molecule has 0 amide bonds. The molecule has 148 valence electrons. The fraction of sp³-hybridized carbons (Fsp3) is 0.739. The highest BCUT2D eigenvalue weighted by Crippen LogP contribution is 2.47. The van der Waals surface area contributed by atoms with Crippen LogP contribution in [0.1, 0.15) is 77.2 Å². The second-order valence-electron chi connectivity index (χ2n) is 7.62. The van der Waals surface area contributed by atoms with Crippen molar-refractivity contribution in [2.75, 3.05) is 31.2 Å². The van der Waals surface area contributed by atoms with E-state index < -0.39 is 0 Å². The number of hydrogen-bond acceptors (Lipinski definition) is 3. The highest BCUT2D eigenvalue weighted by Gasteiger charge is 2.37. The predicted molar refractivity (Wildman–Crippen MR) is 117 cm³/mol. The molecule has 1 saturated carbocycles. The molecule has 26 heavy (non-hydrogen) atoms. The van der Waals surface area contributed by atoms with Gasteiger partial charge in [-0.1, -0.05) is 31.9 Å². The first kappa shape index (κ1) is 21.6. The van der Waals surface area contributed by atoms with Gasteiger partial charge in [0.05, 0.1) is 6.61 Å². The van der Waals surface area contributed by atoms with Crippen LogP contribution in [-0.2, 0) is 5.41 Å². The quantitative estimate of drug-likeness (QED) is 0.368. The molecule has 0 aromatic heterocycles. The number of ether oxygens (including phenoxy) is 1. The van der Waals surface area contributed by atoms with Crippen LogP contribution in [0.3, 0.4) is 0 Å². The van der Waals surface area contributed by atoms with Crippen LogP contribution in [0, 0.1) is 0 Å². The molecule has 2 rings (SSSR count). The molecule has 0 bridgehead atoms. The Morgan fingerprint density at radius 1 is 0.962 bits per heavy atom. The molecule has 1 fully saturated rings. The van der Waals surface area contributed by atoms with E-state index in [0.29, 0.717) is 5.41 Å². The molecule has 1 aliphatic carbocycles. The third kappa shape index (κ3) is 7.15. The number of hydrogen-bond donors (Lipinski definition) is 1. The SMILES string of the molecule is CCCCSCCCCNCCCC1(c2ccc(OCC)cc2)CCC1. The van der Waals surface area contributed by atoms with E-state index in [1.807, 2.05) is 6.92 Å². The van der Waals surface area contributed by atoms with Gasteiger partial charge in [-0.2, -0.15) is 11.8 Å². The molecule has 0 saturated heterocycles. The van der Waals surface area contributed by atoms with Crippen LogP contribution >= 0.6 is 11.8 Å². The summed E-state index contributed by atoms with van der Waals surface area (Å²) in [6.45, 7) is 7.41. The first-order valence-corrected chi connectivity index (χ1v) is 12.0. The molecule has 0 aliphatic heterocycles. The summed E-state index contributed by atoms with van der Waals surface area (Å²) in [5.74, 6) is 3.68. The summed E-state index contributed by atoms with van der Waals surface area (Å²) < 4.78 is 5.59. The highest BCUT2D eigenvalue weighted by molar-refractivity contribution is 7.99. The Morgan fingerprint density at radius 2 is 1.69 bits per heavy atom. The van der Waals surface area contributed by atoms with Crippen LogP contribution < -0.4 is 10.1 Å². The van der Waals surface area contributed by atoms with E-state index in [4.69, 9.17) is 4.74 Å². The second kappa shape index (κ2) is 12.7. The van der Waals surface area contributed by atoms with Crippen molar-refractivity contribution in [2.45, 2.75) is 77.0 Å². The van der Waals surface area contributed by atoms with Crippen LogP contribution in [0.2, 0.25) is 0 Å². The van der Waals surface area contributed by atoms with Gasteiger partial charge in [-0.15, -0.1) is 0 Å². The number of benzene rings is 1.